The van der Waals surface area contributed by atoms with E-state index in [0.717, 1.165) is 0 Å². The second kappa shape index (κ2) is 73.9. The van der Waals surface area contributed by atoms with Gasteiger partial charge in [-0.3, -0.25) is 0 Å². The standard InChI is InChI=1S/6C6H16O3P.Cr/c6*1-4-7-10(8-5-2)9-6-3;/h6*10H,4-6H2,1-3H3;/q6*+1;. The van der Waals surface area contributed by atoms with E-state index < -0.39 is 51.6 Å². The molecule has 0 atom stereocenters. The first-order valence-corrected chi connectivity index (χ1v) is 28.9. The number of hydrogen-bond acceptors (Lipinski definition) is 18. The zero-order valence-electron chi connectivity index (χ0n) is 41.5. The Morgan fingerprint density at radius 2 is 0.197 bits per heavy atom. The van der Waals surface area contributed by atoms with E-state index in [1.807, 2.05) is 125 Å². The molecule has 18 nitrogen and oxygen atoms in total. The first kappa shape index (κ1) is 77.6. The summed E-state index contributed by atoms with van der Waals surface area (Å²) in [6.07, 6.45) is 0. The molecular weight excluding hydrogens is 958 g/mol. The molecule has 0 spiro atoms. The quantitative estimate of drug-likeness (QED) is 0.0543. The third-order valence-electron chi connectivity index (χ3n) is 4.72. The van der Waals surface area contributed by atoms with Gasteiger partial charge in [0.1, 0.15) is 0 Å². The average molecular weight is 1050 g/mol. The topological polar surface area (TPSA) is 166 Å². The van der Waals surface area contributed by atoms with Crippen molar-refractivity contribution in [3.8, 4) is 0 Å². The van der Waals surface area contributed by atoms with Crippen molar-refractivity contribution in [1.82, 2.24) is 0 Å². The normalized spacial score (nSPS) is 10.6. The number of hydrogen-bond donors (Lipinski definition) is 0. The second-order valence-corrected chi connectivity index (χ2v) is 17.5. The molecule has 25 heteroatoms. The van der Waals surface area contributed by atoms with Crippen molar-refractivity contribution < 1.29 is 98.8 Å². The van der Waals surface area contributed by atoms with Crippen LogP contribution in [0.4, 0.5) is 0 Å². The summed E-state index contributed by atoms with van der Waals surface area (Å²) in [4.78, 5) is 0. The summed E-state index contributed by atoms with van der Waals surface area (Å²) in [6, 6.07) is 0. The van der Waals surface area contributed by atoms with Crippen molar-refractivity contribution in [2.75, 3.05) is 119 Å². The van der Waals surface area contributed by atoms with Crippen LogP contribution in [0.3, 0.4) is 0 Å². The largest absolute Gasteiger partial charge is 0.397 e. The van der Waals surface area contributed by atoms with E-state index in [9.17, 15) is 0 Å². The fourth-order valence-corrected chi connectivity index (χ4v) is 8.61. The molecule has 0 radical (unpaired) electrons. The van der Waals surface area contributed by atoms with E-state index >= 15 is 0 Å². The van der Waals surface area contributed by atoms with Crippen LogP contribution in [0.5, 0.6) is 0 Å². The molecule has 0 saturated heterocycles. The summed E-state index contributed by atoms with van der Waals surface area (Å²) in [5.41, 5.74) is 0. The number of rotatable bonds is 36. The van der Waals surface area contributed by atoms with Crippen molar-refractivity contribution in [3.63, 3.8) is 0 Å². The molecule has 0 fully saturated rings. The van der Waals surface area contributed by atoms with Gasteiger partial charge in [-0.25, -0.2) is 0 Å². The predicted molar refractivity (Wildman–Crippen MR) is 259 cm³/mol. The molecule has 0 aliphatic carbocycles. The van der Waals surface area contributed by atoms with Gasteiger partial charge in [0, 0.05) is 17.4 Å². The van der Waals surface area contributed by atoms with Crippen LogP contribution in [-0.4, -0.2) is 119 Å². The molecule has 0 aliphatic rings. The van der Waals surface area contributed by atoms with E-state index in [4.69, 9.17) is 81.4 Å². The van der Waals surface area contributed by atoms with Crippen LogP contribution < -0.4 is 0 Å². The molecule has 0 rings (SSSR count). The smallest absolute Gasteiger partial charge is 0.180 e. The van der Waals surface area contributed by atoms with Gasteiger partial charge in [0.15, 0.2) is 0 Å². The Labute approximate surface area is 392 Å². The summed E-state index contributed by atoms with van der Waals surface area (Å²) in [6.45, 7) is 46.7. The molecule has 0 saturated carbocycles. The molecule has 0 bridgehead atoms. The van der Waals surface area contributed by atoms with Crippen molar-refractivity contribution in [1.29, 1.82) is 0 Å². The van der Waals surface area contributed by atoms with Crippen LogP contribution >= 0.6 is 51.6 Å². The van der Waals surface area contributed by atoms with Gasteiger partial charge >= 0.3 is 51.6 Å². The van der Waals surface area contributed by atoms with Gasteiger partial charge in [-0.15, -0.1) is 0 Å². The van der Waals surface area contributed by atoms with E-state index in [2.05, 4.69) is 0 Å². The van der Waals surface area contributed by atoms with Crippen LogP contribution in [0, 0.1) is 0 Å². The molecule has 0 amide bonds. The summed E-state index contributed by atoms with van der Waals surface area (Å²) < 4.78 is 93.2. The van der Waals surface area contributed by atoms with Crippen molar-refractivity contribution >= 4 is 51.6 Å². The van der Waals surface area contributed by atoms with Crippen molar-refractivity contribution in [2.24, 2.45) is 0 Å². The van der Waals surface area contributed by atoms with Crippen LogP contribution in [0.2, 0.25) is 0 Å². The van der Waals surface area contributed by atoms with E-state index in [0.29, 0.717) is 119 Å². The molecule has 0 aliphatic heterocycles. The van der Waals surface area contributed by atoms with Gasteiger partial charge in [0.05, 0.1) is 119 Å². The predicted octanol–water partition coefficient (Wildman–Crippen LogP) is 12.3. The third kappa shape index (κ3) is 71.6. The second-order valence-electron chi connectivity index (χ2n) is 9.29. The molecule has 0 aromatic rings. The van der Waals surface area contributed by atoms with Gasteiger partial charge in [0.25, 0.3) is 0 Å². The summed E-state index contributed by atoms with van der Waals surface area (Å²) >= 11 is 0. The van der Waals surface area contributed by atoms with E-state index in [1.54, 1.807) is 0 Å². The summed E-state index contributed by atoms with van der Waals surface area (Å²) in [5, 5.41) is 0. The van der Waals surface area contributed by atoms with E-state index in [-0.39, 0.29) is 17.4 Å². The van der Waals surface area contributed by atoms with Crippen LogP contribution in [0.15, 0.2) is 0 Å². The molecule has 61 heavy (non-hydrogen) atoms. The zero-order chi connectivity index (χ0) is 46.9. The molecular formula is C36H96CrO18P6+6. The van der Waals surface area contributed by atoms with Crippen LogP contribution in [0.25, 0.3) is 0 Å². The Morgan fingerprint density at radius 1 is 0.148 bits per heavy atom. The Kier molecular flexibility index (Phi) is 94.1. The monoisotopic (exact) mass is 1050 g/mol. The van der Waals surface area contributed by atoms with Gasteiger partial charge in [-0.1, -0.05) is 0 Å². The average Bonchev–Trinajstić information content (AvgIpc) is 3.21. The maximum Gasteiger partial charge on any atom is 0.397 e. The van der Waals surface area contributed by atoms with Crippen LogP contribution in [-0.2, 0) is 98.8 Å². The minimum Gasteiger partial charge on any atom is -0.180 e. The van der Waals surface area contributed by atoms with Gasteiger partial charge in [0.2, 0.25) is 0 Å². The van der Waals surface area contributed by atoms with Crippen molar-refractivity contribution in [2.45, 2.75) is 125 Å². The molecule has 0 unspecified atom stereocenters. The van der Waals surface area contributed by atoms with Gasteiger partial charge in [-0.2, -0.15) is 81.4 Å². The van der Waals surface area contributed by atoms with Gasteiger partial charge < -0.3 is 0 Å². The molecule has 378 valence electrons. The Bertz CT molecular complexity index is 481. The molecule has 0 N–H and O–H groups in total. The zero-order valence-corrected chi connectivity index (χ0v) is 48.8. The fraction of sp³-hybridized carbons (Fsp3) is 1.00. The Hall–Kier alpha value is 2.39. The first-order valence-electron chi connectivity index (χ1n) is 21.6. The van der Waals surface area contributed by atoms with Gasteiger partial charge in [-0.05, 0) is 125 Å². The fourth-order valence-electron chi connectivity index (χ4n) is 2.87. The Balaban J connectivity index is -0.000000114. The molecule has 0 heterocycles. The maximum atomic E-state index is 5.18. The summed E-state index contributed by atoms with van der Waals surface area (Å²) in [5.74, 6) is 0. The molecule has 0 aromatic heterocycles. The van der Waals surface area contributed by atoms with Crippen molar-refractivity contribution in [3.05, 3.63) is 0 Å². The molecule has 0 aromatic carbocycles. The third-order valence-corrected chi connectivity index (χ3v) is 14.2. The van der Waals surface area contributed by atoms with Crippen LogP contribution in [0.1, 0.15) is 125 Å². The minimum atomic E-state index is -1.40. The van der Waals surface area contributed by atoms with E-state index in [1.165, 1.54) is 0 Å². The Morgan fingerprint density at radius 3 is 0.230 bits per heavy atom. The summed E-state index contributed by atoms with van der Waals surface area (Å²) in [7, 11) is -8.38. The SMILES string of the molecule is CCO[PH+](OCC)OCC.CCO[PH+](OCC)OCC.CCO[PH+](OCC)OCC.CCO[PH+](OCC)OCC.CCO[PH+](OCC)OCC.CCO[PH+](OCC)OCC.[Cr]. The first-order chi connectivity index (χ1) is 29.1. The maximum absolute atomic E-state index is 5.18. The minimum absolute atomic E-state index is 0.